The van der Waals surface area contributed by atoms with Crippen LogP contribution in [0.3, 0.4) is 0 Å². The van der Waals surface area contributed by atoms with Gasteiger partial charge in [-0.05, 0) is 75.1 Å². The number of aromatic nitrogens is 3. The molecule has 1 unspecified atom stereocenters. The second kappa shape index (κ2) is 8.59. The van der Waals surface area contributed by atoms with Crippen molar-refractivity contribution in [3.8, 4) is 5.69 Å². The molecule has 6 nitrogen and oxygen atoms in total. The van der Waals surface area contributed by atoms with E-state index in [2.05, 4.69) is 21.4 Å². The van der Waals surface area contributed by atoms with E-state index in [1.165, 1.54) is 12.1 Å². The molecule has 170 valence electrons. The van der Waals surface area contributed by atoms with Crippen LogP contribution < -0.4 is 10.2 Å². The maximum atomic E-state index is 13.8. The fraction of sp³-hybridized carbons (Fsp3) is 0.320. The molecule has 2 aromatic carbocycles. The molecule has 5 rings (SSSR count). The van der Waals surface area contributed by atoms with Crippen LogP contribution in [0.15, 0.2) is 42.5 Å². The average Bonchev–Trinajstić information content (AvgIpc) is 3.34. The van der Waals surface area contributed by atoms with Gasteiger partial charge in [0.15, 0.2) is 10.8 Å². The molecule has 3 heterocycles. The van der Waals surface area contributed by atoms with E-state index in [0.717, 1.165) is 57.4 Å². The lowest BCUT2D eigenvalue weighted by atomic mass is 9.97. The zero-order chi connectivity index (χ0) is 23.1. The van der Waals surface area contributed by atoms with Crippen molar-refractivity contribution < 1.29 is 9.18 Å². The van der Waals surface area contributed by atoms with Gasteiger partial charge in [-0.25, -0.2) is 9.07 Å². The van der Waals surface area contributed by atoms with Gasteiger partial charge < -0.3 is 10.2 Å². The minimum absolute atomic E-state index is 0.0490. The molecule has 1 aliphatic rings. The second-order valence-corrected chi connectivity index (χ2v) is 9.75. The van der Waals surface area contributed by atoms with Gasteiger partial charge in [0.05, 0.1) is 22.0 Å². The van der Waals surface area contributed by atoms with Crippen LogP contribution in [0.25, 0.3) is 16.0 Å². The number of carbonyl (C=O) groups excluding carboxylic acids is 1. The predicted octanol–water partition coefficient (Wildman–Crippen LogP) is 5.40. The van der Waals surface area contributed by atoms with Gasteiger partial charge in [-0.2, -0.15) is 10.1 Å². The van der Waals surface area contributed by atoms with Crippen molar-refractivity contribution in [2.75, 3.05) is 23.3 Å². The van der Waals surface area contributed by atoms with Crippen LogP contribution in [-0.4, -0.2) is 33.8 Å². The first-order chi connectivity index (χ1) is 15.9. The summed E-state index contributed by atoms with van der Waals surface area (Å²) < 4.78 is 16.4. The lowest BCUT2D eigenvalue weighted by molar-refractivity contribution is -0.120. The normalized spacial score (nSPS) is 16.4. The van der Waals surface area contributed by atoms with E-state index in [1.807, 2.05) is 39.0 Å². The highest BCUT2D eigenvalue weighted by Crippen LogP contribution is 2.34. The number of nitrogens with one attached hydrogen (secondary N) is 1. The van der Waals surface area contributed by atoms with Crippen molar-refractivity contribution in [3.63, 3.8) is 0 Å². The number of piperidine rings is 1. The summed E-state index contributed by atoms with van der Waals surface area (Å²) in [6.07, 6.45) is 1.78. The number of fused-ring (bicyclic) bond motifs is 1. The van der Waals surface area contributed by atoms with Crippen LogP contribution in [0, 0.1) is 32.5 Å². The molecule has 1 saturated heterocycles. The average molecular weight is 464 g/mol. The molecule has 4 aromatic rings. The SMILES string of the molecule is Cc1cc(C)cc(NC(=O)C2CCCN(c3nc4c(s3)c(C)nn4-c3cccc(F)c3)C2)c1. The van der Waals surface area contributed by atoms with Crippen LogP contribution in [-0.2, 0) is 4.79 Å². The zero-order valence-electron chi connectivity index (χ0n) is 18.9. The van der Waals surface area contributed by atoms with E-state index < -0.39 is 0 Å². The molecular weight excluding hydrogens is 437 g/mol. The summed E-state index contributed by atoms with van der Waals surface area (Å²) in [5, 5.41) is 8.54. The van der Waals surface area contributed by atoms with Crippen molar-refractivity contribution in [1.82, 2.24) is 14.8 Å². The van der Waals surface area contributed by atoms with Crippen molar-refractivity contribution >= 4 is 38.4 Å². The Morgan fingerprint density at radius 3 is 2.70 bits per heavy atom. The number of rotatable bonds is 4. The standard InChI is InChI=1S/C25H26FN5OS/c1-15-10-16(2)12-20(11-15)27-24(32)18-6-5-9-30(14-18)25-28-23-22(33-25)17(3)29-31(23)21-8-4-7-19(26)13-21/h4,7-8,10-13,18H,5-6,9,14H2,1-3H3,(H,27,32). The predicted molar refractivity (Wildman–Crippen MR) is 131 cm³/mol. The largest absolute Gasteiger partial charge is 0.347 e. The molecule has 8 heteroatoms. The summed E-state index contributed by atoms with van der Waals surface area (Å²) in [5.74, 6) is -0.363. The highest BCUT2D eigenvalue weighted by atomic mass is 32.1. The Labute approximate surface area is 196 Å². The van der Waals surface area contributed by atoms with Gasteiger partial charge in [-0.3, -0.25) is 4.79 Å². The number of thiazole rings is 1. The third-order valence-corrected chi connectivity index (χ3v) is 7.20. The minimum Gasteiger partial charge on any atom is -0.347 e. The monoisotopic (exact) mass is 463 g/mol. The fourth-order valence-electron chi connectivity index (χ4n) is 4.50. The molecule has 1 amide bonds. The molecule has 0 spiro atoms. The highest BCUT2D eigenvalue weighted by molar-refractivity contribution is 7.22. The maximum absolute atomic E-state index is 13.8. The molecule has 0 bridgehead atoms. The number of amides is 1. The number of hydrogen-bond donors (Lipinski definition) is 1. The van der Waals surface area contributed by atoms with Gasteiger partial charge in [0.25, 0.3) is 0 Å². The molecule has 1 N–H and O–H groups in total. The summed E-state index contributed by atoms with van der Waals surface area (Å²) in [6.45, 7) is 7.49. The van der Waals surface area contributed by atoms with Gasteiger partial charge in [0, 0.05) is 18.8 Å². The van der Waals surface area contributed by atoms with Gasteiger partial charge in [0.2, 0.25) is 5.91 Å². The Morgan fingerprint density at radius 1 is 1.15 bits per heavy atom. The van der Waals surface area contributed by atoms with Crippen molar-refractivity contribution in [2.24, 2.45) is 5.92 Å². The summed E-state index contributed by atoms with van der Waals surface area (Å²) in [5.41, 5.74) is 5.34. The number of hydrogen-bond acceptors (Lipinski definition) is 5. The molecule has 0 radical (unpaired) electrons. The maximum Gasteiger partial charge on any atom is 0.229 e. The Hall–Kier alpha value is -3.26. The van der Waals surface area contributed by atoms with E-state index in [-0.39, 0.29) is 17.6 Å². The lowest BCUT2D eigenvalue weighted by Crippen LogP contribution is -2.40. The molecule has 33 heavy (non-hydrogen) atoms. The first-order valence-electron chi connectivity index (χ1n) is 11.1. The number of halogens is 1. The van der Waals surface area contributed by atoms with E-state index in [1.54, 1.807) is 22.1 Å². The first kappa shape index (κ1) is 21.6. The van der Waals surface area contributed by atoms with Gasteiger partial charge in [-0.1, -0.05) is 23.5 Å². The van der Waals surface area contributed by atoms with Gasteiger partial charge >= 0.3 is 0 Å². The highest BCUT2D eigenvalue weighted by Gasteiger charge is 2.28. The lowest BCUT2D eigenvalue weighted by Gasteiger charge is -2.31. The molecule has 1 atom stereocenters. The Balaban J connectivity index is 1.37. The third-order valence-electron chi connectivity index (χ3n) is 5.98. The topological polar surface area (TPSA) is 63.1 Å². The van der Waals surface area contributed by atoms with Crippen LogP contribution in [0.1, 0.15) is 29.7 Å². The van der Waals surface area contributed by atoms with Crippen molar-refractivity contribution in [3.05, 3.63) is 65.1 Å². The number of aryl methyl sites for hydroxylation is 3. The third kappa shape index (κ3) is 4.35. The van der Waals surface area contributed by atoms with E-state index >= 15 is 0 Å². The van der Waals surface area contributed by atoms with Gasteiger partial charge in [0.1, 0.15) is 5.82 Å². The van der Waals surface area contributed by atoms with Crippen molar-refractivity contribution in [1.29, 1.82) is 0 Å². The fourth-order valence-corrected chi connectivity index (χ4v) is 5.52. The van der Waals surface area contributed by atoms with E-state index in [0.29, 0.717) is 12.2 Å². The van der Waals surface area contributed by atoms with Crippen LogP contribution in [0.4, 0.5) is 15.2 Å². The summed E-state index contributed by atoms with van der Waals surface area (Å²) in [4.78, 5) is 20.1. The summed E-state index contributed by atoms with van der Waals surface area (Å²) >= 11 is 1.58. The first-order valence-corrected chi connectivity index (χ1v) is 12.0. The molecule has 0 saturated carbocycles. The number of carbonyl (C=O) groups is 1. The molecule has 0 aliphatic carbocycles. The number of benzene rings is 2. The molecular formula is C25H26FN5OS. The Bertz CT molecular complexity index is 1320. The van der Waals surface area contributed by atoms with Crippen molar-refractivity contribution in [2.45, 2.75) is 33.6 Å². The Kier molecular flexibility index (Phi) is 5.62. The van der Waals surface area contributed by atoms with E-state index in [9.17, 15) is 9.18 Å². The number of anilines is 2. The number of nitrogens with zero attached hydrogens (tertiary/aromatic N) is 4. The molecule has 1 fully saturated rings. The minimum atomic E-state index is -0.307. The van der Waals surface area contributed by atoms with E-state index in [4.69, 9.17) is 4.98 Å². The molecule has 1 aliphatic heterocycles. The molecule has 2 aromatic heterocycles. The second-order valence-electron chi connectivity index (χ2n) is 8.78. The van der Waals surface area contributed by atoms with Crippen LogP contribution in [0.2, 0.25) is 0 Å². The van der Waals surface area contributed by atoms with Crippen LogP contribution in [0.5, 0.6) is 0 Å². The summed E-state index contributed by atoms with van der Waals surface area (Å²) in [7, 11) is 0. The zero-order valence-corrected chi connectivity index (χ0v) is 19.7. The quantitative estimate of drug-likeness (QED) is 0.440. The summed E-state index contributed by atoms with van der Waals surface area (Å²) in [6, 6.07) is 12.5. The van der Waals surface area contributed by atoms with Crippen LogP contribution >= 0.6 is 11.3 Å². The Morgan fingerprint density at radius 2 is 1.94 bits per heavy atom. The van der Waals surface area contributed by atoms with Gasteiger partial charge in [-0.15, -0.1) is 0 Å². The smallest absolute Gasteiger partial charge is 0.229 e.